The van der Waals surface area contributed by atoms with E-state index in [4.69, 9.17) is 4.74 Å². The lowest BCUT2D eigenvalue weighted by molar-refractivity contribution is -0.0130. The SMILES string of the molecule is [CH]1CCCC2(C1)CCCO2. The highest BCUT2D eigenvalue weighted by molar-refractivity contribution is 4.93. The second-order valence-electron chi connectivity index (χ2n) is 3.52. The van der Waals surface area contributed by atoms with Gasteiger partial charge in [0.05, 0.1) is 5.60 Å². The van der Waals surface area contributed by atoms with E-state index < -0.39 is 0 Å². The Morgan fingerprint density at radius 2 is 2.10 bits per heavy atom. The van der Waals surface area contributed by atoms with Crippen molar-refractivity contribution in [1.82, 2.24) is 0 Å². The van der Waals surface area contributed by atoms with Gasteiger partial charge in [0.1, 0.15) is 0 Å². The maximum Gasteiger partial charge on any atom is 0.0686 e. The van der Waals surface area contributed by atoms with Gasteiger partial charge in [-0.05, 0) is 38.5 Å². The smallest absolute Gasteiger partial charge is 0.0686 e. The summed E-state index contributed by atoms with van der Waals surface area (Å²) in [7, 11) is 0. The fraction of sp³-hybridized carbons (Fsp3) is 0.889. The molecule has 1 radical (unpaired) electrons. The summed E-state index contributed by atoms with van der Waals surface area (Å²) < 4.78 is 5.75. The van der Waals surface area contributed by atoms with E-state index in [-0.39, 0.29) is 0 Å². The van der Waals surface area contributed by atoms with E-state index in [2.05, 4.69) is 6.42 Å². The van der Waals surface area contributed by atoms with E-state index in [0.29, 0.717) is 5.60 Å². The lowest BCUT2D eigenvalue weighted by Crippen LogP contribution is -2.30. The quantitative estimate of drug-likeness (QED) is 0.500. The highest BCUT2D eigenvalue weighted by Gasteiger charge is 2.35. The zero-order chi connectivity index (χ0) is 6.86. The van der Waals surface area contributed by atoms with Crippen LogP contribution in [-0.2, 0) is 4.74 Å². The van der Waals surface area contributed by atoms with Gasteiger partial charge >= 0.3 is 0 Å². The van der Waals surface area contributed by atoms with Crippen LogP contribution in [0.4, 0.5) is 0 Å². The van der Waals surface area contributed by atoms with E-state index >= 15 is 0 Å². The fourth-order valence-electron chi connectivity index (χ4n) is 2.15. The molecule has 1 aliphatic carbocycles. The van der Waals surface area contributed by atoms with E-state index in [1.54, 1.807) is 0 Å². The second kappa shape index (κ2) is 2.54. The molecule has 1 saturated heterocycles. The molecule has 1 unspecified atom stereocenters. The van der Waals surface area contributed by atoms with Crippen LogP contribution in [0.1, 0.15) is 38.5 Å². The monoisotopic (exact) mass is 139 g/mol. The maximum absolute atomic E-state index is 5.75. The minimum Gasteiger partial charge on any atom is -0.375 e. The van der Waals surface area contributed by atoms with Gasteiger partial charge in [-0.15, -0.1) is 0 Å². The third-order valence-corrected chi connectivity index (χ3v) is 2.74. The van der Waals surface area contributed by atoms with Crippen LogP contribution in [0.5, 0.6) is 0 Å². The van der Waals surface area contributed by atoms with Crippen molar-refractivity contribution in [2.75, 3.05) is 6.61 Å². The van der Waals surface area contributed by atoms with Gasteiger partial charge in [-0.3, -0.25) is 0 Å². The Morgan fingerprint density at radius 1 is 1.20 bits per heavy atom. The highest BCUT2D eigenvalue weighted by Crippen LogP contribution is 2.38. The molecule has 0 N–H and O–H groups in total. The molecule has 1 spiro atoms. The summed E-state index contributed by atoms with van der Waals surface area (Å²) in [5.74, 6) is 0. The number of ether oxygens (including phenoxy) is 1. The van der Waals surface area contributed by atoms with Gasteiger partial charge in [-0.25, -0.2) is 0 Å². The summed E-state index contributed by atoms with van der Waals surface area (Å²) in [5.41, 5.74) is 0.318. The van der Waals surface area contributed by atoms with Crippen LogP contribution in [-0.4, -0.2) is 12.2 Å². The molecule has 1 saturated carbocycles. The first kappa shape index (κ1) is 6.66. The standard InChI is InChI=1S/C9H15O/c1-2-5-9(6-3-1)7-4-8-10-9/h2H,1,3-8H2. The molecule has 0 amide bonds. The first-order chi connectivity index (χ1) is 4.91. The fourth-order valence-corrected chi connectivity index (χ4v) is 2.15. The second-order valence-corrected chi connectivity index (χ2v) is 3.52. The van der Waals surface area contributed by atoms with Crippen LogP contribution in [0.15, 0.2) is 0 Å². The van der Waals surface area contributed by atoms with E-state index in [1.165, 1.54) is 38.5 Å². The highest BCUT2D eigenvalue weighted by atomic mass is 16.5. The van der Waals surface area contributed by atoms with Crippen molar-refractivity contribution in [3.8, 4) is 0 Å². The minimum absolute atomic E-state index is 0.318. The van der Waals surface area contributed by atoms with Gasteiger partial charge in [0.2, 0.25) is 0 Å². The van der Waals surface area contributed by atoms with E-state index in [1.807, 2.05) is 0 Å². The maximum atomic E-state index is 5.75. The van der Waals surface area contributed by atoms with Crippen molar-refractivity contribution in [3.63, 3.8) is 0 Å². The summed E-state index contributed by atoms with van der Waals surface area (Å²) >= 11 is 0. The largest absolute Gasteiger partial charge is 0.375 e. The minimum atomic E-state index is 0.318. The Kier molecular flexibility index (Phi) is 1.69. The molecule has 57 valence electrons. The predicted molar refractivity (Wildman–Crippen MR) is 40.7 cm³/mol. The molecule has 1 atom stereocenters. The number of hydrogen-bond donors (Lipinski definition) is 0. The van der Waals surface area contributed by atoms with Crippen molar-refractivity contribution >= 4 is 0 Å². The molecule has 1 aliphatic heterocycles. The molecule has 0 aromatic rings. The summed E-state index contributed by atoms with van der Waals surface area (Å²) in [6.45, 7) is 1.01. The average Bonchev–Trinajstić information content (AvgIpc) is 2.39. The summed E-state index contributed by atoms with van der Waals surface area (Å²) in [6.07, 6.45) is 10.2. The number of rotatable bonds is 0. The first-order valence-electron chi connectivity index (χ1n) is 4.37. The molecular formula is C9H15O. The third-order valence-electron chi connectivity index (χ3n) is 2.74. The van der Waals surface area contributed by atoms with Crippen molar-refractivity contribution in [3.05, 3.63) is 6.42 Å². The summed E-state index contributed by atoms with van der Waals surface area (Å²) in [6, 6.07) is 0. The van der Waals surface area contributed by atoms with Crippen LogP contribution in [0.2, 0.25) is 0 Å². The van der Waals surface area contributed by atoms with Crippen molar-refractivity contribution in [1.29, 1.82) is 0 Å². The summed E-state index contributed by atoms with van der Waals surface area (Å²) in [4.78, 5) is 0. The Bertz CT molecular complexity index is 106. The van der Waals surface area contributed by atoms with Gasteiger partial charge < -0.3 is 4.74 Å². The Morgan fingerprint density at radius 3 is 2.70 bits per heavy atom. The van der Waals surface area contributed by atoms with E-state index in [9.17, 15) is 0 Å². The molecule has 1 heteroatoms. The van der Waals surface area contributed by atoms with Crippen LogP contribution >= 0.6 is 0 Å². The molecule has 2 fully saturated rings. The van der Waals surface area contributed by atoms with Crippen LogP contribution in [0.25, 0.3) is 0 Å². The van der Waals surface area contributed by atoms with Crippen LogP contribution in [0, 0.1) is 6.42 Å². The van der Waals surface area contributed by atoms with Gasteiger partial charge in [-0.2, -0.15) is 0 Å². The van der Waals surface area contributed by atoms with Crippen LogP contribution in [0.3, 0.4) is 0 Å². The molecule has 10 heavy (non-hydrogen) atoms. The summed E-state index contributed by atoms with van der Waals surface area (Å²) in [5, 5.41) is 0. The molecule has 0 bridgehead atoms. The zero-order valence-electron chi connectivity index (χ0n) is 6.44. The molecule has 1 heterocycles. The van der Waals surface area contributed by atoms with Crippen molar-refractivity contribution in [2.24, 2.45) is 0 Å². The average molecular weight is 139 g/mol. The molecule has 2 aliphatic rings. The molecule has 0 aromatic carbocycles. The molecule has 0 aromatic heterocycles. The topological polar surface area (TPSA) is 9.23 Å². The lowest BCUT2D eigenvalue weighted by atomic mass is 9.83. The molecular weight excluding hydrogens is 124 g/mol. The Labute approximate surface area is 62.8 Å². The van der Waals surface area contributed by atoms with Gasteiger partial charge in [0.25, 0.3) is 0 Å². The lowest BCUT2D eigenvalue weighted by Gasteiger charge is -2.31. The normalized spacial score (nSPS) is 31.2. The van der Waals surface area contributed by atoms with Crippen molar-refractivity contribution in [2.45, 2.75) is 44.1 Å². The zero-order valence-corrected chi connectivity index (χ0v) is 6.44. The van der Waals surface area contributed by atoms with Crippen LogP contribution < -0.4 is 0 Å². The molecule has 2 rings (SSSR count). The van der Waals surface area contributed by atoms with Gasteiger partial charge in [0.15, 0.2) is 0 Å². The van der Waals surface area contributed by atoms with Gasteiger partial charge in [0, 0.05) is 6.61 Å². The first-order valence-corrected chi connectivity index (χ1v) is 4.37. The Hall–Kier alpha value is -0.0400. The van der Waals surface area contributed by atoms with Crippen molar-refractivity contribution < 1.29 is 4.74 Å². The molecule has 1 nitrogen and oxygen atoms in total. The Balaban J connectivity index is 1.98. The van der Waals surface area contributed by atoms with Gasteiger partial charge in [-0.1, -0.05) is 6.42 Å². The van der Waals surface area contributed by atoms with E-state index in [0.717, 1.165) is 6.61 Å². The third kappa shape index (κ3) is 1.07. The number of hydrogen-bond acceptors (Lipinski definition) is 1. The predicted octanol–water partition coefficient (Wildman–Crippen LogP) is 2.31.